The number of rotatable bonds is 5. The maximum absolute atomic E-state index is 13.0. The van der Waals surface area contributed by atoms with E-state index in [1.807, 2.05) is 0 Å². The maximum atomic E-state index is 13.0. The van der Waals surface area contributed by atoms with Crippen molar-refractivity contribution in [1.29, 1.82) is 0 Å². The summed E-state index contributed by atoms with van der Waals surface area (Å²) in [7, 11) is -5.75. The summed E-state index contributed by atoms with van der Waals surface area (Å²) < 4.78 is 56.8. The van der Waals surface area contributed by atoms with Crippen LogP contribution in [0.1, 0.15) is 24.5 Å². The van der Waals surface area contributed by atoms with E-state index in [1.54, 1.807) is 12.1 Å². The van der Waals surface area contributed by atoms with E-state index in [1.165, 1.54) is 35.8 Å². The molecule has 1 aromatic carbocycles. The molecule has 3 rings (SSSR count). The van der Waals surface area contributed by atoms with Crippen LogP contribution in [-0.2, 0) is 19.9 Å². The second kappa shape index (κ2) is 7.98. The van der Waals surface area contributed by atoms with Crippen LogP contribution >= 0.6 is 11.6 Å². The molecule has 152 valence electrons. The van der Waals surface area contributed by atoms with Crippen LogP contribution in [0.5, 0.6) is 5.75 Å². The van der Waals surface area contributed by atoms with Gasteiger partial charge in [-0.25, -0.2) is 16.8 Å². The molecule has 1 atom stereocenters. The number of hydrogen-bond acceptors (Lipinski definition) is 6. The van der Waals surface area contributed by atoms with Crippen molar-refractivity contribution in [2.24, 2.45) is 0 Å². The van der Waals surface area contributed by atoms with Crippen molar-refractivity contribution >= 4 is 31.5 Å². The first-order valence-electron chi connectivity index (χ1n) is 8.62. The molecule has 0 bridgehead atoms. The van der Waals surface area contributed by atoms with E-state index in [2.05, 4.69) is 4.98 Å². The lowest BCUT2D eigenvalue weighted by Gasteiger charge is -2.32. The number of sulfone groups is 1. The molecule has 1 fully saturated rings. The van der Waals surface area contributed by atoms with E-state index in [4.69, 9.17) is 16.3 Å². The zero-order valence-electron chi connectivity index (χ0n) is 15.5. The fraction of sp³-hybridized carbons (Fsp3) is 0.389. The molecule has 0 amide bonds. The Balaban J connectivity index is 1.92. The normalized spacial score (nSPS) is 18.8. The highest BCUT2D eigenvalue weighted by molar-refractivity contribution is 7.90. The van der Waals surface area contributed by atoms with Crippen LogP contribution in [0.4, 0.5) is 0 Å². The molecule has 2 aromatic rings. The molecule has 0 radical (unpaired) electrons. The molecule has 1 aromatic heterocycles. The number of sulfonamides is 1. The zero-order valence-corrected chi connectivity index (χ0v) is 17.9. The predicted octanol–water partition coefficient (Wildman–Crippen LogP) is 2.72. The molecule has 0 spiro atoms. The molecule has 0 N–H and O–H groups in total. The van der Waals surface area contributed by atoms with E-state index in [0.29, 0.717) is 30.8 Å². The molecular formula is C18H21ClN2O5S2. The smallest absolute Gasteiger partial charge is 0.243 e. The SMILES string of the molecule is COc1ccc(S(=O)(=O)N2CCCC(c3ncc(Cl)cc3S(C)(=O)=O)C2)cc1. The van der Waals surface area contributed by atoms with Crippen LogP contribution in [0.15, 0.2) is 46.3 Å². The van der Waals surface area contributed by atoms with Gasteiger partial charge in [0.25, 0.3) is 0 Å². The van der Waals surface area contributed by atoms with E-state index < -0.39 is 19.9 Å². The number of nitrogens with zero attached hydrogens (tertiary/aromatic N) is 2. The fourth-order valence-electron chi connectivity index (χ4n) is 3.32. The highest BCUT2D eigenvalue weighted by atomic mass is 35.5. The van der Waals surface area contributed by atoms with Gasteiger partial charge in [0.05, 0.1) is 27.6 Å². The molecule has 0 saturated carbocycles. The van der Waals surface area contributed by atoms with Crippen molar-refractivity contribution in [2.45, 2.75) is 28.6 Å². The molecule has 7 nitrogen and oxygen atoms in total. The Morgan fingerprint density at radius 2 is 1.86 bits per heavy atom. The second-order valence-electron chi connectivity index (χ2n) is 6.69. The number of hydrogen-bond donors (Lipinski definition) is 0. The Kier molecular flexibility index (Phi) is 6.00. The minimum absolute atomic E-state index is 0.0497. The van der Waals surface area contributed by atoms with Gasteiger partial charge in [0.2, 0.25) is 10.0 Å². The number of pyridine rings is 1. The van der Waals surface area contributed by atoms with Gasteiger partial charge in [-0.15, -0.1) is 0 Å². The molecule has 1 unspecified atom stereocenters. The van der Waals surface area contributed by atoms with Gasteiger partial charge >= 0.3 is 0 Å². The summed E-state index contributed by atoms with van der Waals surface area (Å²) in [5, 5.41) is 0.225. The van der Waals surface area contributed by atoms with E-state index in [9.17, 15) is 16.8 Å². The van der Waals surface area contributed by atoms with Crippen LogP contribution in [0.2, 0.25) is 5.02 Å². The van der Waals surface area contributed by atoms with Crippen molar-refractivity contribution in [3.05, 3.63) is 47.2 Å². The molecule has 10 heteroatoms. The third-order valence-corrected chi connectivity index (χ3v) is 7.93. The summed E-state index contributed by atoms with van der Waals surface area (Å²) in [6.07, 6.45) is 3.74. The van der Waals surface area contributed by atoms with Crippen molar-refractivity contribution < 1.29 is 21.6 Å². The monoisotopic (exact) mass is 444 g/mol. The van der Waals surface area contributed by atoms with Crippen LogP contribution < -0.4 is 4.74 Å². The summed E-state index contributed by atoms with van der Waals surface area (Å²) in [5.41, 5.74) is 0.363. The van der Waals surface area contributed by atoms with E-state index in [0.717, 1.165) is 6.26 Å². The van der Waals surface area contributed by atoms with Gasteiger partial charge in [-0.05, 0) is 43.2 Å². The third-order valence-electron chi connectivity index (χ3n) is 4.72. The number of methoxy groups -OCH3 is 1. The van der Waals surface area contributed by atoms with Gasteiger partial charge in [-0.3, -0.25) is 4.98 Å². The van der Waals surface area contributed by atoms with Crippen molar-refractivity contribution in [1.82, 2.24) is 9.29 Å². The number of benzene rings is 1. The Hall–Kier alpha value is -1.68. The Labute approximate surface area is 170 Å². The predicted molar refractivity (Wildman–Crippen MR) is 106 cm³/mol. The molecule has 1 aliphatic heterocycles. The lowest BCUT2D eigenvalue weighted by molar-refractivity contribution is 0.310. The number of aromatic nitrogens is 1. The van der Waals surface area contributed by atoms with Crippen molar-refractivity contribution in [3.8, 4) is 5.75 Å². The zero-order chi connectivity index (χ0) is 20.5. The summed E-state index contributed by atoms with van der Waals surface area (Å²) in [5.74, 6) is 0.238. The molecule has 1 aliphatic rings. The Morgan fingerprint density at radius 3 is 2.46 bits per heavy atom. The van der Waals surface area contributed by atoms with E-state index >= 15 is 0 Å². The first kappa shape index (κ1) is 21.0. The molecule has 1 saturated heterocycles. The van der Waals surface area contributed by atoms with Crippen LogP contribution in [0.3, 0.4) is 0 Å². The average molecular weight is 445 g/mol. The highest BCUT2D eigenvalue weighted by Crippen LogP contribution is 2.33. The summed E-state index contributed by atoms with van der Waals surface area (Å²) >= 11 is 5.92. The lowest BCUT2D eigenvalue weighted by atomic mass is 9.95. The summed E-state index contributed by atoms with van der Waals surface area (Å²) in [6, 6.07) is 7.56. The van der Waals surface area contributed by atoms with Gasteiger partial charge in [0.15, 0.2) is 9.84 Å². The van der Waals surface area contributed by atoms with Crippen molar-refractivity contribution in [2.75, 3.05) is 26.5 Å². The fourth-order valence-corrected chi connectivity index (χ4v) is 6.00. The van der Waals surface area contributed by atoms with Gasteiger partial charge in [-0.2, -0.15) is 4.31 Å². The van der Waals surface area contributed by atoms with Crippen LogP contribution in [0, 0.1) is 0 Å². The minimum Gasteiger partial charge on any atom is -0.497 e. The van der Waals surface area contributed by atoms with E-state index in [-0.39, 0.29) is 27.3 Å². The number of ether oxygens (including phenoxy) is 1. The van der Waals surface area contributed by atoms with Crippen LogP contribution in [-0.4, -0.2) is 52.6 Å². The topological polar surface area (TPSA) is 93.6 Å². The molecule has 2 heterocycles. The van der Waals surface area contributed by atoms with Gasteiger partial charge in [0, 0.05) is 31.5 Å². The standard InChI is InChI=1S/C18H21ClN2O5S2/c1-26-15-5-7-16(8-6-15)28(24,25)21-9-3-4-13(12-21)18-17(27(2,22)23)10-14(19)11-20-18/h5-8,10-11,13H,3-4,9,12H2,1-2H3. The number of piperidine rings is 1. The Morgan fingerprint density at radius 1 is 1.18 bits per heavy atom. The third kappa shape index (κ3) is 4.32. The summed E-state index contributed by atoms with van der Waals surface area (Å²) in [4.78, 5) is 4.45. The van der Waals surface area contributed by atoms with Gasteiger partial charge in [0.1, 0.15) is 5.75 Å². The first-order chi connectivity index (χ1) is 13.1. The molecular weight excluding hydrogens is 424 g/mol. The largest absolute Gasteiger partial charge is 0.497 e. The van der Waals surface area contributed by atoms with Crippen LogP contribution in [0.25, 0.3) is 0 Å². The lowest BCUT2D eigenvalue weighted by Crippen LogP contribution is -2.39. The molecule has 0 aliphatic carbocycles. The average Bonchev–Trinajstić information content (AvgIpc) is 2.67. The van der Waals surface area contributed by atoms with Gasteiger partial charge < -0.3 is 4.74 Å². The second-order valence-corrected chi connectivity index (χ2v) is 11.0. The van der Waals surface area contributed by atoms with Gasteiger partial charge in [-0.1, -0.05) is 11.6 Å². The summed E-state index contributed by atoms with van der Waals surface area (Å²) in [6.45, 7) is 0.526. The first-order valence-corrected chi connectivity index (χ1v) is 12.3. The number of halogens is 1. The Bertz CT molecular complexity index is 1070. The maximum Gasteiger partial charge on any atom is 0.243 e. The minimum atomic E-state index is -3.71. The highest BCUT2D eigenvalue weighted by Gasteiger charge is 2.33. The quantitative estimate of drug-likeness (QED) is 0.703. The molecule has 28 heavy (non-hydrogen) atoms. The van der Waals surface area contributed by atoms with Crippen molar-refractivity contribution in [3.63, 3.8) is 0 Å².